The molecule has 8 nitrogen and oxygen atoms in total. The summed E-state index contributed by atoms with van der Waals surface area (Å²) in [5.41, 5.74) is 1.63. The number of urea groups is 1. The molecule has 30 heavy (non-hydrogen) atoms. The van der Waals surface area contributed by atoms with Gasteiger partial charge in [-0.2, -0.15) is 5.10 Å². The number of benzene rings is 1. The molecule has 1 aromatic heterocycles. The number of hydrogen-bond acceptors (Lipinski definition) is 6. The van der Waals surface area contributed by atoms with Crippen LogP contribution in [0.3, 0.4) is 0 Å². The Morgan fingerprint density at radius 3 is 2.73 bits per heavy atom. The van der Waals surface area contributed by atoms with Crippen molar-refractivity contribution in [2.45, 2.75) is 19.4 Å². The zero-order chi connectivity index (χ0) is 21.7. The maximum absolute atomic E-state index is 13.1. The Hall–Kier alpha value is -3.07. The second-order valence-corrected chi connectivity index (χ2v) is 7.73. The molecule has 160 valence electrons. The number of methoxy groups -OCH3 is 2. The standard InChI is InChI=1S/C21H26N4O4S/c1-5-22-21(27)24(2)13-20(26)25-17(12-16(23-25)19-7-6-10-30-19)15-11-14(28-3)8-9-18(15)29-4/h6-11,17H,5,12-13H2,1-4H3,(H,22,27). The molecule has 0 saturated carbocycles. The predicted octanol–water partition coefficient (Wildman–Crippen LogP) is 3.10. The number of thiophene rings is 1. The highest BCUT2D eigenvalue weighted by Crippen LogP contribution is 2.39. The van der Waals surface area contributed by atoms with E-state index in [1.165, 1.54) is 9.91 Å². The number of carbonyl (C=O) groups is 2. The van der Waals surface area contributed by atoms with Crippen molar-refractivity contribution in [3.63, 3.8) is 0 Å². The minimum atomic E-state index is -0.359. The van der Waals surface area contributed by atoms with Crippen LogP contribution in [0.5, 0.6) is 11.5 Å². The van der Waals surface area contributed by atoms with Crippen LogP contribution in [-0.2, 0) is 4.79 Å². The quantitative estimate of drug-likeness (QED) is 0.732. The van der Waals surface area contributed by atoms with Crippen LogP contribution < -0.4 is 14.8 Å². The van der Waals surface area contributed by atoms with E-state index in [1.807, 2.05) is 42.6 Å². The first-order chi connectivity index (χ1) is 14.5. The Morgan fingerprint density at radius 2 is 2.10 bits per heavy atom. The molecule has 0 fully saturated rings. The molecule has 1 atom stereocenters. The molecule has 9 heteroatoms. The van der Waals surface area contributed by atoms with Crippen LogP contribution >= 0.6 is 11.3 Å². The van der Waals surface area contributed by atoms with E-state index >= 15 is 0 Å². The number of rotatable bonds is 7. The first-order valence-corrected chi connectivity index (χ1v) is 10.5. The fraction of sp³-hybridized carbons (Fsp3) is 0.381. The monoisotopic (exact) mass is 430 g/mol. The van der Waals surface area contributed by atoms with Crippen LogP contribution in [0.1, 0.15) is 29.8 Å². The average Bonchev–Trinajstić information content (AvgIpc) is 3.43. The molecule has 1 N–H and O–H groups in total. The normalized spacial score (nSPS) is 15.5. The van der Waals surface area contributed by atoms with E-state index in [0.717, 1.165) is 16.2 Å². The number of carbonyl (C=O) groups excluding carboxylic acids is 2. The maximum atomic E-state index is 13.1. The molecular formula is C21H26N4O4S. The number of nitrogens with one attached hydrogen (secondary N) is 1. The molecule has 0 aliphatic carbocycles. The van der Waals surface area contributed by atoms with Crippen LogP contribution in [0.15, 0.2) is 40.8 Å². The van der Waals surface area contributed by atoms with Gasteiger partial charge in [0.25, 0.3) is 5.91 Å². The van der Waals surface area contributed by atoms with E-state index in [0.29, 0.717) is 24.5 Å². The largest absolute Gasteiger partial charge is 0.497 e. The maximum Gasteiger partial charge on any atom is 0.317 e. The van der Waals surface area contributed by atoms with Crippen molar-refractivity contribution in [3.05, 3.63) is 46.2 Å². The van der Waals surface area contributed by atoms with E-state index in [9.17, 15) is 9.59 Å². The molecule has 2 heterocycles. The lowest BCUT2D eigenvalue weighted by atomic mass is 9.99. The molecule has 1 aromatic carbocycles. The number of ether oxygens (including phenoxy) is 2. The van der Waals surface area contributed by atoms with Gasteiger partial charge in [-0.25, -0.2) is 9.80 Å². The fourth-order valence-electron chi connectivity index (χ4n) is 3.31. The van der Waals surface area contributed by atoms with Crippen molar-refractivity contribution in [3.8, 4) is 11.5 Å². The second kappa shape index (κ2) is 9.62. The third-order valence-electron chi connectivity index (χ3n) is 4.81. The van der Waals surface area contributed by atoms with E-state index in [1.54, 1.807) is 32.6 Å². The van der Waals surface area contributed by atoms with E-state index in [4.69, 9.17) is 9.47 Å². The highest BCUT2D eigenvalue weighted by Gasteiger charge is 2.36. The second-order valence-electron chi connectivity index (χ2n) is 6.78. The molecule has 0 spiro atoms. The Balaban J connectivity index is 1.93. The summed E-state index contributed by atoms with van der Waals surface area (Å²) in [5.74, 6) is 1.05. The van der Waals surface area contributed by atoms with Gasteiger partial charge in [-0.05, 0) is 36.6 Å². The summed E-state index contributed by atoms with van der Waals surface area (Å²) in [6.45, 7) is 2.23. The van der Waals surface area contributed by atoms with Crippen molar-refractivity contribution in [2.75, 3.05) is 34.4 Å². The van der Waals surface area contributed by atoms with E-state index in [-0.39, 0.29) is 24.5 Å². The molecule has 0 saturated heterocycles. The van der Waals surface area contributed by atoms with Gasteiger partial charge in [0.05, 0.1) is 30.9 Å². The molecule has 0 bridgehead atoms. The van der Waals surface area contributed by atoms with Crippen LogP contribution in [0.25, 0.3) is 0 Å². The number of amides is 3. The lowest BCUT2D eigenvalue weighted by Crippen LogP contribution is -2.43. The Kier molecular flexibility index (Phi) is 6.94. The van der Waals surface area contributed by atoms with E-state index in [2.05, 4.69) is 10.4 Å². The topological polar surface area (TPSA) is 83.5 Å². The Bertz CT molecular complexity index is 929. The third kappa shape index (κ3) is 4.56. The molecule has 1 aliphatic rings. The van der Waals surface area contributed by atoms with Crippen molar-refractivity contribution in [2.24, 2.45) is 5.10 Å². The van der Waals surface area contributed by atoms with Gasteiger partial charge in [0, 0.05) is 25.6 Å². The molecule has 0 radical (unpaired) electrons. The van der Waals surface area contributed by atoms with Crippen LogP contribution in [-0.4, -0.2) is 61.9 Å². The third-order valence-corrected chi connectivity index (χ3v) is 5.73. The molecule has 3 amide bonds. The minimum absolute atomic E-state index is 0.0875. The Labute approximate surface area is 180 Å². The summed E-state index contributed by atoms with van der Waals surface area (Å²) in [5, 5.41) is 10.8. The molecule has 2 aromatic rings. The number of nitrogens with zero attached hydrogens (tertiary/aromatic N) is 3. The summed E-state index contributed by atoms with van der Waals surface area (Å²) >= 11 is 1.57. The summed E-state index contributed by atoms with van der Waals surface area (Å²) < 4.78 is 10.9. The van der Waals surface area contributed by atoms with Crippen molar-refractivity contribution in [1.29, 1.82) is 0 Å². The van der Waals surface area contributed by atoms with Gasteiger partial charge in [-0.15, -0.1) is 11.3 Å². The van der Waals surface area contributed by atoms with Crippen molar-refractivity contribution < 1.29 is 19.1 Å². The summed E-state index contributed by atoms with van der Waals surface area (Å²) in [6, 6.07) is 8.78. The minimum Gasteiger partial charge on any atom is -0.497 e. The van der Waals surface area contributed by atoms with Gasteiger partial charge in [0.2, 0.25) is 0 Å². The van der Waals surface area contributed by atoms with Gasteiger partial charge in [-0.1, -0.05) is 6.07 Å². The van der Waals surface area contributed by atoms with Crippen LogP contribution in [0.2, 0.25) is 0 Å². The highest BCUT2D eigenvalue weighted by atomic mass is 32.1. The summed E-state index contributed by atoms with van der Waals surface area (Å²) in [7, 11) is 4.78. The fourth-order valence-corrected chi connectivity index (χ4v) is 4.03. The molecule has 1 unspecified atom stereocenters. The van der Waals surface area contributed by atoms with Crippen LogP contribution in [0.4, 0.5) is 4.79 Å². The first-order valence-electron chi connectivity index (χ1n) is 9.62. The summed E-state index contributed by atoms with van der Waals surface area (Å²) in [6.07, 6.45) is 0.542. The number of likely N-dealkylation sites (N-methyl/N-ethyl adjacent to an activating group) is 1. The molecule has 1 aliphatic heterocycles. The van der Waals surface area contributed by atoms with Gasteiger partial charge in [-0.3, -0.25) is 4.79 Å². The smallest absolute Gasteiger partial charge is 0.317 e. The van der Waals surface area contributed by atoms with Gasteiger partial charge >= 0.3 is 6.03 Å². The molecule has 3 rings (SSSR count). The zero-order valence-electron chi connectivity index (χ0n) is 17.5. The predicted molar refractivity (Wildman–Crippen MR) is 116 cm³/mol. The summed E-state index contributed by atoms with van der Waals surface area (Å²) in [4.78, 5) is 27.6. The van der Waals surface area contributed by atoms with Crippen LogP contribution in [0, 0.1) is 0 Å². The Morgan fingerprint density at radius 1 is 1.30 bits per heavy atom. The average molecular weight is 431 g/mol. The first kappa shape index (κ1) is 21.6. The van der Waals surface area contributed by atoms with Gasteiger partial charge in [0.1, 0.15) is 18.0 Å². The van der Waals surface area contributed by atoms with Crippen molar-refractivity contribution in [1.82, 2.24) is 15.2 Å². The lowest BCUT2D eigenvalue weighted by Gasteiger charge is -2.26. The van der Waals surface area contributed by atoms with Gasteiger partial charge < -0.3 is 19.7 Å². The highest BCUT2D eigenvalue weighted by molar-refractivity contribution is 7.12. The molecular weight excluding hydrogens is 404 g/mol. The van der Waals surface area contributed by atoms with Crippen molar-refractivity contribution >= 4 is 29.0 Å². The number of hydrazone groups is 1. The zero-order valence-corrected chi connectivity index (χ0v) is 18.4. The number of hydrogen-bond donors (Lipinski definition) is 1. The van der Waals surface area contributed by atoms with E-state index < -0.39 is 0 Å². The lowest BCUT2D eigenvalue weighted by molar-refractivity contribution is -0.133. The van der Waals surface area contributed by atoms with Gasteiger partial charge in [0.15, 0.2) is 0 Å². The SMILES string of the molecule is CCNC(=O)N(C)CC(=O)N1N=C(c2cccs2)CC1c1cc(OC)ccc1OC.